The number of phosphoric acid groups is 2. The molecule has 0 heterocycles. The number of aliphatic hydroxyl groups is 1. The summed E-state index contributed by atoms with van der Waals surface area (Å²) in [6.45, 7) is 12.1. The molecule has 0 rings (SSSR count). The smallest absolute Gasteiger partial charge is 0.462 e. The number of unbranched alkanes of at least 4 members (excludes halogenated alkanes) is 47. The molecule has 7 atom stereocenters. The average molecular weight is 1490 g/mol. The van der Waals surface area contributed by atoms with Gasteiger partial charge in [-0.2, -0.15) is 0 Å². The van der Waals surface area contributed by atoms with Gasteiger partial charge in [-0.15, -0.1) is 0 Å². The van der Waals surface area contributed by atoms with Gasteiger partial charge in [0, 0.05) is 25.7 Å². The minimum atomic E-state index is -4.96. The van der Waals surface area contributed by atoms with E-state index in [1.54, 1.807) is 0 Å². The Hall–Kier alpha value is -1.94. The molecule has 0 saturated heterocycles. The number of carbonyl (C=O) groups is 4. The monoisotopic (exact) mass is 1490 g/mol. The van der Waals surface area contributed by atoms with Gasteiger partial charge in [0.25, 0.3) is 0 Å². The molecule has 0 saturated carbocycles. The number of hydrogen-bond donors (Lipinski definition) is 3. The summed E-state index contributed by atoms with van der Waals surface area (Å²) in [7, 11) is -9.92. The molecule has 4 unspecified atom stereocenters. The number of carbonyl (C=O) groups excluding carboxylic acids is 4. The molecule has 606 valence electrons. The van der Waals surface area contributed by atoms with E-state index in [9.17, 15) is 43.2 Å². The molecule has 0 aliphatic heterocycles. The van der Waals surface area contributed by atoms with Crippen LogP contribution in [0.15, 0.2) is 0 Å². The molecule has 3 N–H and O–H groups in total. The third kappa shape index (κ3) is 73.6. The van der Waals surface area contributed by atoms with Gasteiger partial charge in [0.2, 0.25) is 0 Å². The molecule has 0 amide bonds. The van der Waals surface area contributed by atoms with Crippen LogP contribution in [0.1, 0.15) is 434 Å². The Morgan fingerprint density at radius 3 is 0.745 bits per heavy atom. The highest BCUT2D eigenvalue weighted by molar-refractivity contribution is 7.47. The first-order valence-electron chi connectivity index (χ1n) is 42.9. The van der Waals surface area contributed by atoms with E-state index in [2.05, 4.69) is 48.5 Å². The summed E-state index contributed by atoms with van der Waals surface area (Å²) < 4.78 is 68.7. The summed E-state index contributed by atoms with van der Waals surface area (Å²) in [5, 5.41) is 10.6. The maximum absolute atomic E-state index is 13.1. The van der Waals surface area contributed by atoms with E-state index in [1.807, 2.05) is 0 Å². The zero-order valence-corrected chi connectivity index (χ0v) is 68.9. The SMILES string of the molecule is CCCCCCCCCCC(=O)OC[C@H](COP(=O)(O)OC[C@H](O)COP(=O)(O)OC[C@@H](COC(=O)CCCCCCCCCCCCCCCCC(C)CC)OC(=O)CCCCCCCCCCCCCCCCCC(C)C)OC(=O)CCCCCCCCCCCCCCCCC(C)CC. The second kappa shape index (κ2) is 73.2. The van der Waals surface area contributed by atoms with Crippen molar-refractivity contribution in [1.82, 2.24) is 0 Å². The van der Waals surface area contributed by atoms with Crippen LogP contribution in [-0.2, 0) is 65.4 Å². The van der Waals surface area contributed by atoms with Gasteiger partial charge in [-0.3, -0.25) is 37.3 Å². The third-order valence-corrected chi connectivity index (χ3v) is 22.0. The predicted octanol–water partition coefficient (Wildman–Crippen LogP) is 24.9. The van der Waals surface area contributed by atoms with Crippen LogP contribution in [0.5, 0.6) is 0 Å². The topological polar surface area (TPSA) is 237 Å². The van der Waals surface area contributed by atoms with Crippen molar-refractivity contribution in [1.29, 1.82) is 0 Å². The van der Waals surface area contributed by atoms with Crippen LogP contribution in [0.3, 0.4) is 0 Å². The minimum absolute atomic E-state index is 0.107. The van der Waals surface area contributed by atoms with Gasteiger partial charge in [0.1, 0.15) is 19.3 Å². The number of ether oxygens (including phenoxy) is 4. The number of phosphoric ester groups is 2. The molecule has 0 bridgehead atoms. The highest BCUT2D eigenvalue weighted by atomic mass is 31.2. The highest BCUT2D eigenvalue weighted by Crippen LogP contribution is 2.45. The Morgan fingerprint density at radius 1 is 0.284 bits per heavy atom. The van der Waals surface area contributed by atoms with Crippen molar-refractivity contribution in [2.24, 2.45) is 17.8 Å². The summed E-state index contributed by atoms with van der Waals surface area (Å²) >= 11 is 0. The largest absolute Gasteiger partial charge is 0.472 e. The van der Waals surface area contributed by atoms with Crippen molar-refractivity contribution in [3.05, 3.63) is 0 Å². The molecule has 0 aromatic carbocycles. The van der Waals surface area contributed by atoms with Gasteiger partial charge >= 0.3 is 39.5 Å². The third-order valence-electron chi connectivity index (χ3n) is 20.1. The summed E-state index contributed by atoms with van der Waals surface area (Å²) in [6, 6.07) is 0. The molecule has 102 heavy (non-hydrogen) atoms. The standard InChI is InChI=1S/C83H162O17P2/c1-8-11-12-13-14-43-50-57-64-80(85)93-70-78(99-82(87)67-60-53-46-39-33-27-21-19-24-30-36-42-49-56-63-76(7)10-3)72-97-101(89,90)95-68-77(84)69-96-102(91,92)98-73-79(100-83(88)66-59-52-45-38-32-26-17-15-16-22-28-34-40-47-54-61-74(4)5)71-94-81(86)65-58-51-44-37-31-25-20-18-23-29-35-41-48-55-62-75(6)9-2/h74-79,84H,8-73H2,1-7H3,(H,89,90)(H,91,92)/t75?,76?,77-,78+,79+/m0/s1. The van der Waals surface area contributed by atoms with Crippen molar-refractivity contribution < 1.29 is 80.2 Å². The van der Waals surface area contributed by atoms with Crippen LogP contribution in [-0.4, -0.2) is 96.7 Å². The molecule has 0 aromatic rings. The Bertz CT molecular complexity index is 1980. The Labute approximate surface area is 626 Å². The first-order chi connectivity index (χ1) is 49.3. The maximum Gasteiger partial charge on any atom is 0.472 e. The molecule has 0 spiro atoms. The fraction of sp³-hybridized carbons (Fsp3) is 0.952. The van der Waals surface area contributed by atoms with Gasteiger partial charge in [0.15, 0.2) is 12.2 Å². The van der Waals surface area contributed by atoms with Gasteiger partial charge < -0.3 is 33.8 Å². The lowest BCUT2D eigenvalue weighted by Crippen LogP contribution is -2.30. The van der Waals surface area contributed by atoms with Crippen molar-refractivity contribution >= 4 is 39.5 Å². The lowest BCUT2D eigenvalue weighted by atomic mass is 9.99. The van der Waals surface area contributed by atoms with E-state index in [-0.39, 0.29) is 25.7 Å². The second-order valence-electron chi connectivity index (χ2n) is 30.8. The van der Waals surface area contributed by atoms with Crippen LogP contribution in [0.2, 0.25) is 0 Å². The molecule has 0 aliphatic carbocycles. The molecule has 0 fully saturated rings. The molecule has 0 aliphatic rings. The van der Waals surface area contributed by atoms with E-state index in [1.165, 1.54) is 238 Å². The molecule has 0 aromatic heterocycles. The summed E-state index contributed by atoms with van der Waals surface area (Å²) in [4.78, 5) is 73.0. The van der Waals surface area contributed by atoms with Crippen molar-refractivity contribution in [2.45, 2.75) is 452 Å². The molecular formula is C83H162O17P2. The Balaban J connectivity index is 5.20. The highest BCUT2D eigenvalue weighted by Gasteiger charge is 2.30. The quantitative estimate of drug-likeness (QED) is 0.0222. The predicted molar refractivity (Wildman–Crippen MR) is 418 cm³/mol. The van der Waals surface area contributed by atoms with Crippen molar-refractivity contribution in [3.63, 3.8) is 0 Å². The Kier molecular flexibility index (Phi) is 71.8. The Morgan fingerprint density at radius 2 is 0.500 bits per heavy atom. The summed E-state index contributed by atoms with van der Waals surface area (Å²) in [5.41, 5.74) is 0. The van der Waals surface area contributed by atoms with Crippen LogP contribution < -0.4 is 0 Å². The zero-order valence-electron chi connectivity index (χ0n) is 67.1. The zero-order chi connectivity index (χ0) is 75.1. The van der Waals surface area contributed by atoms with Gasteiger partial charge in [-0.1, -0.05) is 382 Å². The van der Waals surface area contributed by atoms with Gasteiger partial charge in [-0.05, 0) is 43.4 Å². The van der Waals surface area contributed by atoms with Crippen LogP contribution in [0.4, 0.5) is 0 Å². The van der Waals surface area contributed by atoms with E-state index in [0.717, 1.165) is 114 Å². The lowest BCUT2D eigenvalue weighted by Gasteiger charge is -2.21. The first-order valence-corrected chi connectivity index (χ1v) is 45.9. The van der Waals surface area contributed by atoms with Crippen LogP contribution in [0.25, 0.3) is 0 Å². The molecule has 17 nitrogen and oxygen atoms in total. The van der Waals surface area contributed by atoms with E-state index < -0.39 is 97.5 Å². The van der Waals surface area contributed by atoms with E-state index in [4.69, 9.17) is 37.0 Å². The number of aliphatic hydroxyl groups excluding tert-OH is 1. The number of hydrogen-bond acceptors (Lipinski definition) is 15. The normalized spacial score (nSPS) is 14.5. The lowest BCUT2D eigenvalue weighted by molar-refractivity contribution is -0.161. The van der Waals surface area contributed by atoms with E-state index in [0.29, 0.717) is 25.7 Å². The first kappa shape index (κ1) is 100. The average Bonchev–Trinajstić information content (AvgIpc) is 0.958. The van der Waals surface area contributed by atoms with Crippen molar-refractivity contribution in [2.75, 3.05) is 39.6 Å². The van der Waals surface area contributed by atoms with Gasteiger partial charge in [-0.25, -0.2) is 9.13 Å². The minimum Gasteiger partial charge on any atom is -0.462 e. The summed E-state index contributed by atoms with van der Waals surface area (Å²) in [6.07, 6.45) is 62.3. The number of rotatable bonds is 81. The van der Waals surface area contributed by atoms with E-state index >= 15 is 0 Å². The number of esters is 4. The van der Waals surface area contributed by atoms with Crippen molar-refractivity contribution in [3.8, 4) is 0 Å². The summed E-state index contributed by atoms with van der Waals surface area (Å²) in [5.74, 6) is 0.389. The second-order valence-corrected chi connectivity index (χ2v) is 33.7. The van der Waals surface area contributed by atoms with Crippen LogP contribution >= 0.6 is 15.6 Å². The fourth-order valence-electron chi connectivity index (χ4n) is 12.8. The molecular weight excluding hydrogens is 1330 g/mol. The van der Waals surface area contributed by atoms with Gasteiger partial charge in [0.05, 0.1) is 26.4 Å². The van der Waals surface area contributed by atoms with Crippen LogP contribution in [0, 0.1) is 17.8 Å². The fourth-order valence-corrected chi connectivity index (χ4v) is 14.4. The maximum atomic E-state index is 13.1. The molecule has 0 radical (unpaired) electrons. The molecule has 19 heteroatoms.